The fourth-order valence-electron chi connectivity index (χ4n) is 2.88. The second-order valence-corrected chi connectivity index (χ2v) is 7.40. The highest BCUT2D eigenvalue weighted by atomic mass is 16.5. The molecule has 0 radical (unpaired) electrons. The van der Waals surface area contributed by atoms with Gasteiger partial charge in [-0.05, 0) is 43.0 Å². The molecule has 0 aromatic heterocycles. The highest BCUT2D eigenvalue weighted by Crippen LogP contribution is 2.30. The van der Waals surface area contributed by atoms with E-state index >= 15 is 0 Å². The van der Waals surface area contributed by atoms with Gasteiger partial charge >= 0.3 is 0 Å². The van der Waals surface area contributed by atoms with Gasteiger partial charge in [0.2, 0.25) is 0 Å². The number of benzene rings is 1. The molecule has 23 heavy (non-hydrogen) atoms. The van der Waals surface area contributed by atoms with Crippen molar-refractivity contribution in [3.8, 4) is 5.75 Å². The Balaban J connectivity index is 1.84. The van der Waals surface area contributed by atoms with Crippen molar-refractivity contribution >= 4 is 5.91 Å². The summed E-state index contributed by atoms with van der Waals surface area (Å²) in [6.45, 7) is 10.6. The Morgan fingerprint density at radius 3 is 2.52 bits per heavy atom. The molecule has 2 rings (SSSR count). The topological polar surface area (TPSA) is 32.8 Å². The van der Waals surface area contributed by atoms with Crippen LogP contribution < -0.4 is 4.74 Å². The molecule has 4 heteroatoms. The van der Waals surface area contributed by atoms with Crippen LogP contribution in [0.2, 0.25) is 0 Å². The quantitative estimate of drug-likeness (QED) is 0.808. The van der Waals surface area contributed by atoms with Gasteiger partial charge in [0.1, 0.15) is 5.75 Å². The molecule has 1 aromatic rings. The molecule has 1 heterocycles. The van der Waals surface area contributed by atoms with Crippen molar-refractivity contribution in [3.05, 3.63) is 29.8 Å². The number of rotatable bonds is 6. The monoisotopic (exact) mass is 318 g/mol. The number of ether oxygens (including phenoxy) is 1. The van der Waals surface area contributed by atoms with Crippen molar-refractivity contribution in [1.29, 1.82) is 0 Å². The molecule has 1 aliphatic heterocycles. The minimum absolute atomic E-state index is 0.00129. The van der Waals surface area contributed by atoms with Crippen LogP contribution in [0.5, 0.6) is 5.75 Å². The number of carbonyl (C=O) groups excluding carboxylic acids is 1. The summed E-state index contributed by atoms with van der Waals surface area (Å²) in [5, 5.41) is 0. The number of hydrogen-bond acceptors (Lipinski definition) is 3. The maximum Gasteiger partial charge on any atom is 0.260 e. The van der Waals surface area contributed by atoms with Gasteiger partial charge < -0.3 is 14.5 Å². The molecule has 1 fully saturated rings. The average molecular weight is 318 g/mol. The van der Waals surface area contributed by atoms with E-state index in [9.17, 15) is 4.79 Å². The summed E-state index contributed by atoms with van der Waals surface area (Å²) in [4.78, 5) is 16.5. The fraction of sp³-hybridized carbons (Fsp3) is 0.632. The third-order valence-electron chi connectivity index (χ3n) is 4.42. The molecule has 1 saturated heterocycles. The van der Waals surface area contributed by atoms with Crippen molar-refractivity contribution in [1.82, 2.24) is 9.80 Å². The zero-order valence-corrected chi connectivity index (χ0v) is 15.0. The maximum atomic E-state index is 12.3. The number of carbonyl (C=O) groups is 1. The van der Waals surface area contributed by atoms with E-state index in [-0.39, 0.29) is 17.9 Å². The van der Waals surface area contributed by atoms with Gasteiger partial charge in [0.05, 0.1) is 0 Å². The second kappa shape index (κ2) is 7.82. The highest BCUT2D eigenvalue weighted by Gasteiger charge is 2.20. The van der Waals surface area contributed by atoms with Crippen molar-refractivity contribution in [2.24, 2.45) is 0 Å². The summed E-state index contributed by atoms with van der Waals surface area (Å²) in [6.07, 6.45) is 2.56. The van der Waals surface area contributed by atoms with E-state index in [2.05, 4.69) is 31.7 Å². The van der Waals surface area contributed by atoms with E-state index < -0.39 is 0 Å². The largest absolute Gasteiger partial charge is 0.483 e. The first-order chi connectivity index (χ1) is 10.9. The molecule has 0 spiro atoms. The van der Waals surface area contributed by atoms with Crippen LogP contribution in [0.15, 0.2) is 24.3 Å². The first-order valence-electron chi connectivity index (χ1n) is 8.56. The normalized spacial score (nSPS) is 15.7. The van der Waals surface area contributed by atoms with Crippen LogP contribution in [0.3, 0.4) is 0 Å². The van der Waals surface area contributed by atoms with Crippen LogP contribution >= 0.6 is 0 Å². The molecule has 4 nitrogen and oxygen atoms in total. The van der Waals surface area contributed by atoms with Gasteiger partial charge in [-0.15, -0.1) is 0 Å². The van der Waals surface area contributed by atoms with E-state index in [1.54, 1.807) is 4.90 Å². The Kier molecular flexibility index (Phi) is 6.05. The van der Waals surface area contributed by atoms with Crippen molar-refractivity contribution in [2.75, 3.05) is 39.8 Å². The van der Waals surface area contributed by atoms with Gasteiger partial charge in [0.25, 0.3) is 5.91 Å². The Hall–Kier alpha value is -1.55. The molecule has 1 aromatic carbocycles. The lowest BCUT2D eigenvalue weighted by Gasteiger charge is -2.24. The van der Waals surface area contributed by atoms with Crippen LogP contribution in [0.4, 0.5) is 0 Å². The minimum Gasteiger partial charge on any atom is -0.483 e. The van der Waals surface area contributed by atoms with Crippen LogP contribution in [0.1, 0.15) is 39.2 Å². The molecule has 0 N–H and O–H groups in total. The van der Waals surface area contributed by atoms with Gasteiger partial charge in [0.15, 0.2) is 6.61 Å². The van der Waals surface area contributed by atoms with Gasteiger partial charge in [-0.25, -0.2) is 0 Å². The standard InChI is InChI=1S/C19H30N2O2/c1-19(2,3)16-9-5-6-10-17(16)23-15-18(22)20(4)13-14-21-11-7-8-12-21/h5-6,9-10H,7-8,11-15H2,1-4H3. The molecule has 0 saturated carbocycles. The van der Waals surface area contributed by atoms with Crippen LogP contribution in [-0.2, 0) is 10.2 Å². The van der Waals surface area contributed by atoms with E-state index in [4.69, 9.17) is 4.74 Å². The lowest BCUT2D eigenvalue weighted by atomic mass is 9.86. The van der Waals surface area contributed by atoms with E-state index in [0.29, 0.717) is 0 Å². The number of hydrogen-bond donors (Lipinski definition) is 0. The fourth-order valence-corrected chi connectivity index (χ4v) is 2.88. The molecule has 0 atom stereocenters. The molecule has 0 aliphatic carbocycles. The molecule has 1 aliphatic rings. The van der Waals surface area contributed by atoms with Gasteiger partial charge in [0, 0.05) is 20.1 Å². The number of likely N-dealkylation sites (tertiary alicyclic amines) is 1. The molecular formula is C19H30N2O2. The van der Waals surface area contributed by atoms with Gasteiger partial charge in [-0.3, -0.25) is 4.79 Å². The zero-order chi connectivity index (χ0) is 16.9. The van der Waals surface area contributed by atoms with Crippen molar-refractivity contribution in [3.63, 3.8) is 0 Å². The SMILES string of the molecule is CN(CCN1CCCC1)C(=O)COc1ccccc1C(C)(C)C. The molecule has 128 valence electrons. The maximum absolute atomic E-state index is 12.3. The van der Waals surface area contributed by atoms with E-state index in [0.717, 1.165) is 37.5 Å². The van der Waals surface area contributed by atoms with Crippen molar-refractivity contribution < 1.29 is 9.53 Å². The molecule has 0 unspecified atom stereocenters. The van der Waals surface area contributed by atoms with Crippen LogP contribution in [-0.4, -0.2) is 55.5 Å². The molecule has 1 amide bonds. The number of amides is 1. The van der Waals surface area contributed by atoms with Crippen molar-refractivity contribution in [2.45, 2.75) is 39.0 Å². The average Bonchev–Trinajstić information content (AvgIpc) is 3.03. The summed E-state index contributed by atoms with van der Waals surface area (Å²) in [5.74, 6) is 0.842. The highest BCUT2D eigenvalue weighted by molar-refractivity contribution is 5.77. The lowest BCUT2D eigenvalue weighted by molar-refractivity contribution is -0.132. The molecule has 0 bridgehead atoms. The Morgan fingerprint density at radius 2 is 1.87 bits per heavy atom. The first-order valence-corrected chi connectivity index (χ1v) is 8.56. The summed E-state index contributed by atoms with van der Waals surface area (Å²) in [5.41, 5.74) is 1.13. The smallest absolute Gasteiger partial charge is 0.260 e. The number of nitrogens with zero attached hydrogens (tertiary/aromatic N) is 2. The number of likely N-dealkylation sites (N-methyl/N-ethyl adjacent to an activating group) is 1. The number of para-hydroxylation sites is 1. The van der Waals surface area contributed by atoms with Gasteiger partial charge in [-0.1, -0.05) is 39.0 Å². The Bertz CT molecular complexity index is 516. The first kappa shape index (κ1) is 17.8. The third-order valence-corrected chi connectivity index (χ3v) is 4.42. The minimum atomic E-state index is 0.00129. The van der Waals surface area contributed by atoms with Crippen LogP contribution in [0.25, 0.3) is 0 Å². The van der Waals surface area contributed by atoms with E-state index in [1.165, 1.54) is 12.8 Å². The predicted molar refractivity (Wildman–Crippen MR) is 93.9 cm³/mol. The summed E-state index contributed by atoms with van der Waals surface area (Å²) >= 11 is 0. The summed E-state index contributed by atoms with van der Waals surface area (Å²) in [7, 11) is 1.86. The Morgan fingerprint density at radius 1 is 1.22 bits per heavy atom. The Labute approximate surface area is 140 Å². The summed E-state index contributed by atoms with van der Waals surface area (Å²) in [6, 6.07) is 7.97. The lowest BCUT2D eigenvalue weighted by Crippen LogP contribution is -2.37. The second-order valence-electron chi connectivity index (χ2n) is 7.40. The zero-order valence-electron chi connectivity index (χ0n) is 15.0. The third kappa shape index (κ3) is 5.24. The van der Waals surface area contributed by atoms with Gasteiger partial charge in [-0.2, -0.15) is 0 Å². The van der Waals surface area contributed by atoms with E-state index in [1.807, 2.05) is 25.2 Å². The predicted octanol–water partition coefficient (Wildman–Crippen LogP) is 2.92. The molecular weight excluding hydrogens is 288 g/mol. The van der Waals surface area contributed by atoms with Crippen LogP contribution in [0, 0.1) is 0 Å². The summed E-state index contributed by atoms with van der Waals surface area (Å²) < 4.78 is 5.81.